The molecule has 1 heterocycles. The van der Waals surface area contributed by atoms with Gasteiger partial charge in [-0.1, -0.05) is 52.2 Å². The van der Waals surface area contributed by atoms with Crippen molar-refractivity contribution in [3.8, 4) is 0 Å². The number of rotatable bonds is 9. The van der Waals surface area contributed by atoms with Crippen molar-refractivity contribution in [2.75, 3.05) is 31.2 Å². The molecule has 0 saturated heterocycles. The number of benzene rings is 1. The summed E-state index contributed by atoms with van der Waals surface area (Å²) in [6, 6.07) is 7.90. The maximum Gasteiger partial charge on any atom is 0.305 e. The van der Waals surface area contributed by atoms with Gasteiger partial charge in [-0.25, -0.2) is 5.06 Å². The first-order chi connectivity index (χ1) is 12.6. The molecule has 1 aromatic carbocycles. The van der Waals surface area contributed by atoms with Crippen molar-refractivity contribution in [2.45, 2.75) is 59.2 Å². The number of anilines is 2. The average Bonchev–Trinajstić information content (AvgIpc) is 3.06. The lowest BCUT2D eigenvalue weighted by Gasteiger charge is -2.21. The number of nitrogens with zero attached hydrogens (tertiary/aromatic N) is 1. The molecule has 0 spiro atoms. The zero-order valence-corrected chi connectivity index (χ0v) is 16.8. The molecule has 0 amide bonds. The molecule has 26 heavy (non-hydrogen) atoms. The highest BCUT2D eigenvalue weighted by Crippen LogP contribution is 2.33. The fraction of sp³-hybridized carbons (Fsp3) is 0.650. The Morgan fingerprint density at radius 1 is 1.23 bits per heavy atom. The predicted molar refractivity (Wildman–Crippen MR) is 105 cm³/mol. The van der Waals surface area contributed by atoms with Crippen molar-refractivity contribution < 1.29 is 19.1 Å². The normalized spacial score (nSPS) is 16.2. The third-order valence-corrected chi connectivity index (χ3v) is 4.37. The quantitative estimate of drug-likeness (QED) is 0.646. The second-order valence-corrected chi connectivity index (χ2v) is 6.21. The van der Waals surface area contributed by atoms with E-state index in [9.17, 15) is 4.79 Å². The first kappa shape index (κ1) is 22.3. The van der Waals surface area contributed by atoms with Crippen LogP contribution in [0.25, 0.3) is 0 Å². The van der Waals surface area contributed by atoms with E-state index in [1.54, 1.807) is 19.3 Å². The number of ether oxygens (including phenoxy) is 2. The van der Waals surface area contributed by atoms with Gasteiger partial charge in [0.05, 0.1) is 25.1 Å². The lowest BCUT2D eigenvalue weighted by atomic mass is 10.0. The van der Waals surface area contributed by atoms with Gasteiger partial charge in [-0.05, 0) is 24.5 Å². The smallest absolute Gasteiger partial charge is 0.305 e. The lowest BCUT2D eigenvalue weighted by Crippen LogP contribution is -2.36. The molecule has 2 atom stereocenters. The van der Waals surface area contributed by atoms with E-state index in [1.807, 2.05) is 31.2 Å². The summed E-state index contributed by atoms with van der Waals surface area (Å²) in [5.74, 6) is 0.491. The second kappa shape index (κ2) is 12.5. The van der Waals surface area contributed by atoms with Gasteiger partial charge < -0.3 is 14.8 Å². The van der Waals surface area contributed by atoms with Crippen LogP contribution in [0.5, 0.6) is 0 Å². The van der Waals surface area contributed by atoms with E-state index in [0.717, 1.165) is 17.8 Å². The van der Waals surface area contributed by atoms with Crippen molar-refractivity contribution >= 4 is 17.3 Å². The zero-order valence-electron chi connectivity index (χ0n) is 16.8. The lowest BCUT2D eigenvalue weighted by molar-refractivity contribution is -0.144. The standard InChI is InChI=1S/C11H22O2.C9H12N2O2/c1-4-7-8-10(5-2)9-13-11(12)6-3;1-12-9-10-7-5-3-4-6-8(7)11(9)13-2/h10H,4-9H2,1-3H3;3-6,9-10H,1-2H3. The highest BCUT2D eigenvalue weighted by molar-refractivity contribution is 5.73. The molecule has 0 radical (unpaired) electrons. The van der Waals surface area contributed by atoms with E-state index in [-0.39, 0.29) is 12.3 Å². The van der Waals surface area contributed by atoms with E-state index in [2.05, 4.69) is 19.2 Å². The number of hydrogen-bond acceptors (Lipinski definition) is 6. The number of carbonyl (C=O) groups excluding carboxylic acids is 1. The topological polar surface area (TPSA) is 60.0 Å². The van der Waals surface area contributed by atoms with Crippen LogP contribution in [0.2, 0.25) is 0 Å². The number of hydroxylamine groups is 1. The number of esters is 1. The number of methoxy groups -OCH3 is 1. The molecule has 0 aliphatic carbocycles. The Bertz CT molecular complexity index is 524. The number of hydrogen-bond donors (Lipinski definition) is 1. The summed E-state index contributed by atoms with van der Waals surface area (Å²) in [6.07, 6.45) is 5.01. The van der Waals surface area contributed by atoms with Crippen molar-refractivity contribution in [1.82, 2.24) is 0 Å². The summed E-state index contributed by atoms with van der Waals surface area (Å²) in [4.78, 5) is 16.1. The first-order valence-corrected chi connectivity index (χ1v) is 9.48. The molecular formula is C20H34N2O4. The maximum atomic E-state index is 10.9. The Balaban J connectivity index is 0.000000260. The van der Waals surface area contributed by atoms with Crippen LogP contribution < -0.4 is 10.4 Å². The third kappa shape index (κ3) is 6.84. The van der Waals surface area contributed by atoms with Gasteiger partial charge >= 0.3 is 5.97 Å². The van der Waals surface area contributed by atoms with Crippen LogP contribution in [0.4, 0.5) is 11.4 Å². The third-order valence-electron chi connectivity index (χ3n) is 4.37. The minimum absolute atomic E-state index is 0.0741. The highest BCUT2D eigenvalue weighted by Gasteiger charge is 2.28. The Morgan fingerprint density at radius 2 is 1.96 bits per heavy atom. The van der Waals surface area contributed by atoms with E-state index >= 15 is 0 Å². The molecular weight excluding hydrogens is 332 g/mol. The predicted octanol–water partition coefficient (Wildman–Crippen LogP) is 4.57. The van der Waals surface area contributed by atoms with E-state index in [1.165, 1.54) is 19.3 Å². The minimum Gasteiger partial charge on any atom is -0.465 e. The first-order valence-electron chi connectivity index (χ1n) is 9.48. The summed E-state index contributed by atoms with van der Waals surface area (Å²) >= 11 is 0. The monoisotopic (exact) mass is 366 g/mol. The number of unbranched alkanes of at least 4 members (excludes halogenated alkanes) is 1. The van der Waals surface area contributed by atoms with Crippen molar-refractivity contribution in [3.63, 3.8) is 0 Å². The van der Waals surface area contributed by atoms with Gasteiger partial charge in [0.15, 0.2) is 0 Å². The Morgan fingerprint density at radius 3 is 2.54 bits per heavy atom. The molecule has 6 nitrogen and oxygen atoms in total. The van der Waals surface area contributed by atoms with E-state index in [4.69, 9.17) is 14.3 Å². The molecule has 0 saturated carbocycles. The van der Waals surface area contributed by atoms with Crippen LogP contribution in [-0.2, 0) is 19.1 Å². The van der Waals surface area contributed by atoms with Crippen LogP contribution in [-0.4, -0.2) is 33.1 Å². The van der Waals surface area contributed by atoms with Crippen LogP contribution in [0.3, 0.4) is 0 Å². The van der Waals surface area contributed by atoms with Crippen LogP contribution in [0.1, 0.15) is 52.9 Å². The molecule has 1 N–H and O–H groups in total. The van der Waals surface area contributed by atoms with E-state index < -0.39 is 0 Å². The molecule has 1 aliphatic heterocycles. The second-order valence-electron chi connectivity index (χ2n) is 6.21. The van der Waals surface area contributed by atoms with Crippen molar-refractivity contribution in [1.29, 1.82) is 0 Å². The largest absolute Gasteiger partial charge is 0.465 e. The Labute approximate surface area is 157 Å². The molecule has 0 bridgehead atoms. The number of nitrogens with one attached hydrogen (secondary N) is 1. The SMILES string of the molecule is CCCCC(CC)COC(=O)CC.COC1Nc2ccccc2N1OC. The average molecular weight is 367 g/mol. The van der Waals surface area contributed by atoms with Crippen LogP contribution in [0.15, 0.2) is 24.3 Å². The fourth-order valence-electron chi connectivity index (χ4n) is 2.67. The fourth-order valence-corrected chi connectivity index (χ4v) is 2.67. The zero-order chi connectivity index (χ0) is 19.4. The van der Waals surface area contributed by atoms with Gasteiger partial charge in [-0.15, -0.1) is 0 Å². The summed E-state index contributed by atoms with van der Waals surface area (Å²) in [7, 11) is 3.26. The highest BCUT2D eigenvalue weighted by atomic mass is 16.7. The van der Waals surface area contributed by atoms with Crippen LogP contribution >= 0.6 is 0 Å². The van der Waals surface area contributed by atoms with E-state index in [0.29, 0.717) is 18.9 Å². The summed E-state index contributed by atoms with van der Waals surface area (Å²) in [6.45, 7) is 6.78. The Hall–Kier alpha value is -1.79. The van der Waals surface area contributed by atoms with Gasteiger partial charge in [-0.2, -0.15) is 0 Å². The molecule has 2 rings (SSSR count). The summed E-state index contributed by atoms with van der Waals surface area (Å²) in [5, 5.41) is 4.85. The van der Waals surface area contributed by atoms with Crippen molar-refractivity contribution in [3.05, 3.63) is 24.3 Å². The molecule has 6 heteroatoms. The van der Waals surface area contributed by atoms with Gasteiger partial charge in [0.2, 0.25) is 6.35 Å². The molecule has 1 aliphatic rings. The summed E-state index contributed by atoms with van der Waals surface area (Å²) in [5.41, 5.74) is 2.02. The number of para-hydroxylation sites is 2. The molecule has 2 unspecified atom stereocenters. The van der Waals surface area contributed by atoms with Gasteiger partial charge in [-0.3, -0.25) is 9.63 Å². The summed E-state index contributed by atoms with van der Waals surface area (Å²) < 4.78 is 10.3. The van der Waals surface area contributed by atoms with Gasteiger partial charge in [0.25, 0.3) is 0 Å². The Kier molecular flexibility index (Phi) is 10.7. The number of carbonyl (C=O) groups is 1. The number of fused-ring (bicyclic) bond motifs is 1. The van der Waals surface area contributed by atoms with Crippen molar-refractivity contribution in [2.24, 2.45) is 5.92 Å². The minimum atomic E-state index is -0.234. The van der Waals surface area contributed by atoms with Gasteiger partial charge in [0.1, 0.15) is 0 Å². The maximum absolute atomic E-state index is 10.9. The molecule has 0 aromatic heterocycles. The molecule has 0 fully saturated rings. The molecule has 1 aromatic rings. The van der Waals surface area contributed by atoms with Gasteiger partial charge in [0, 0.05) is 13.5 Å². The van der Waals surface area contributed by atoms with Crippen LogP contribution in [0, 0.1) is 5.92 Å². The molecule has 148 valence electrons.